The fraction of sp³-hybridized carbons (Fsp3) is 0.219. The molecule has 2 N–H and O–H groups in total. The van der Waals surface area contributed by atoms with Crippen LogP contribution in [-0.4, -0.2) is 37.1 Å². The van der Waals surface area contributed by atoms with E-state index < -0.39 is 21.7 Å². The van der Waals surface area contributed by atoms with Crippen LogP contribution in [0.2, 0.25) is 0 Å². The van der Waals surface area contributed by atoms with Crippen molar-refractivity contribution in [2.75, 3.05) is 23.7 Å². The third kappa shape index (κ3) is 6.17. The number of aromatic nitrogens is 1. The van der Waals surface area contributed by atoms with Gasteiger partial charge in [-0.3, -0.25) is 9.52 Å². The number of pyridine rings is 1. The number of halogens is 2. The van der Waals surface area contributed by atoms with Crippen LogP contribution in [0.15, 0.2) is 70.0 Å². The summed E-state index contributed by atoms with van der Waals surface area (Å²) in [4.78, 5) is 13.3. The number of ether oxygens (including phenoxy) is 2. The van der Waals surface area contributed by atoms with Gasteiger partial charge >= 0.3 is 0 Å². The van der Waals surface area contributed by atoms with Crippen molar-refractivity contribution >= 4 is 26.7 Å². The number of hydrogen-bond donors (Lipinski definition) is 2. The molecule has 5 aromatic rings. The van der Waals surface area contributed by atoms with Crippen LogP contribution in [0, 0.1) is 25.5 Å². The highest BCUT2D eigenvalue weighted by Crippen LogP contribution is 2.41. The number of furan rings is 1. The van der Waals surface area contributed by atoms with E-state index in [2.05, 4.69) is 4.72 Å². The number of aliphatic hydroxyl groups excluding tert-OH is 1. The Hall–Kier alpha value is -4.68. The van der Waals surface area contributed by atoms with Gasteiger partial charge in [0.2, 0.25) is 10.0 Å². The molecule has 5 rings (SSSR count). The summed E-state index contributed by atoms with van der Waals surface area (Å²) >= 11 is 0. The summed E-state index contributed by atoms with van der Waals surface area (Å²) < 4.78 is 74.6. The lowest BCUT2D eigenvalue weighted by atomic mass is 10.0. The molecule has 0 aliphatic rings. The summed E-state index contributed by atoms with van der Waals surface area (Å²) in [6.07, 6.45) is 1.52. The average Bonchev–Trinajstić information content (AvgIpc) is 3.42. The van der Waals surface area contributed by atoms with Crippen molar-refractivity contribution in [3.8, 4) is 39.7 Å². The van der Waals surface area contributed by atoms with Gasteiger partial charge in [-0.2, -0.15) is 0 Å². The number of aliphatic hydroxyl groups is 1. The first-order valence-corrected chi connectivity index (χ1v) is 15.3. The lowest BCUT2D eigenvalue weighted by Gasteiger charge is -2.15. The van der Waals surface area contributed by atoms with Gasteiger partial charge in [-0.25, -0.2) is 17.2 Å². The average molecular weight is 625 g/mol. The lowest BCUT2D eigenvalue weighted by Crippen LogP contribution is -2.16. The summed E-state index contributed by atoms with van der Waals surface area (Å²) in [5, 5.41) is 9.40. The second-order valence-corrected chi connectivity index (χ2v) is 12.2. The molecule has 230 valence electrons. The highest BCUT2D eigenvalue weighted by Gasteiger charge is 2.22. The number of rotatable bonds is 10. The Kier molecular flexibility index (Phi) is 8.49. The van der Waals surface area contributed by atoms with Crippen LogP contribution in [0.5, 0.6) is 17.2 Å². The Labute approximate surface area is 252 Å². The van der Waals surface area contributed by atoms with Crippen LogP contribution in [-0.2, 0) is 17.1 Å². The van der Waals surface area contributed by atoms with Crippen LogP contribution < -0.4 is 19.8 Å². The summed E-state index contributed by atoms with van der Waals surface area (Å²) in [7, 11) is -2.10. The Morgan fingerprint density at radius 1 is 0.977 bits per heavy atom. The van der Waals surface area contributed by atoms with E-state index in [1.54, 1.807) is 13.1 Å². The molecule has 0 aliphatic carbocycles. The van der Waals surface area contributed by atoms with Crippen molar-refractivity contribution in [3.63, 3.8) is 0 Å². The van der Waals surface area contributed by atoms with Gasteiger partial charge in [0, 0.05) is 41.7 Å². The molecule has 0 bridgehead atoms. The standard InChI is InChI=1S/C32H30F2N2O7S/c1-5-44(39,40)35-22-7-9-27(42-28-8-6-21(33)14-26(28)34)23(15-22)25-17-36(4)32(38)24-16-29(43-31(24)25)20-12-18(2)30(19(3)13-20)41-11-10-37/h6-9,12-17,35,37H,5,10-11H2,1-4H3. The molecular weight excluding hydrogens is 594 g/mol. The number of sulfonamides is 1. The van der Waals surface area contributed by atoms with E-state index in [-0.39, 0.29) is 58.2 Å². The molecule has 0 saturated heterocycles. The molecule has 0 amide bonds. The van der Waals surface area contributed by atoms with E-state index in [4.69, 9.17) is 19.0 Å². The minimum Gasteiger partial charge on any atom is -0.491 e. The molecule has 2 heterocycles. The minimum atomic E-state index is -3.66. The number of anilines is 1. The number of hydrogen-bond acceptors (Lipinski definition) is 7. The predicted molar refractivity (Wildman–Crippen MR) is 164 cm³/mol. The monoisotopic (exact) mass is 624 g/mol. The maximum absolute atomic E-state index is 14.6. The third-order valence-corrected chi connectivity index (χ3v) is 8.28. The van der Waals surface area contributed by atoms with Crippen LogP contribution in [0.3, 0.4) is 0 Å². The summed E-state index contributed by atoms with van der Waals surface area (Å²) in [6.45, 7) is 5.23. The van der Waals surface area contributed by atoms with E-state index in [0.29, 0.717) is 28.7 Å². The van der Waals surface area contributed by atoms with Gasteiger partial charge in [-0.1, -0.05) is 0 Å². The number of fused-ring (bicyclic) bond motifs is 1. The molecule has 0 unspecified atom stereocenters. The van der Waals surface area contributed by atoms with Crippen LogP contribution >= 0.6 is 0 Å². The molecule has 0 radical (unpaired) electrons. The second-order valence-electron chi connectivity index (χ2n) is 10.2. The Bertz CT molecular complexity index is 2030. The maximum Gasteiger partial charge on any atom is 0.261 e. The van der Waals surface area contributed by atoms with Crippen molar-refractivity contribution < 1.29 is 36.2 Å². The number of nitrogens with zero attached hydrogens (tertiary/aromatic N) is 1. The fourth-order valence-corrected chi connectivity index (χ4v) is 5.50. The molecule has 0 aliphatic heterocycles. The SMILES string of the molecule is CCS(=O)(=O)Nc1ccc(Oc2ccc(F)cc2F)c(-c2cn(C)c(=O)c3cc(-c4cc(C)c(OCCO)c(C)c4)oc23)c1. The van der Waals surface area contributed by atoms with Crippen LogP contribution in [0.4, 0.5) is 14.5 Å². The quantitative estimate of drug-likeness (QED) is 0.188. The molecule has 0 fully saturated rings. The summed E-state index contributed by atoms with van der Waals surface area (Å²) in [6, 6.07) is 12.6. The number of aryl methyl sites for hydroxylation is 3. The van der Waals surface area contributed by atoms with E-state index >= 15 is 0 Å². The number of nitrogens with one attached hydrogen (secondary N) is 1. The first kappa shape index (κ1) is 30.8. The molecule has 9 nitrogen and oxygen atoms in total. The molecule has 0 spiro atoms. The van der Waals surface area contributed by atoms with E-state index in [1.807, 2.05) is 26.0 Å². The Morgan fingerprint density at radius 3 is 2.34 bits per heavy atom. The van der Waals surface area contributed by atoms with Gasteiger partial charge in [-0.15, -0.1) is 0 Å². The summed E-state index contributed by atoms with van der Waals surface area (Å²) in [5.41, 5.74) is 2.97. The van der Waals surface area contributed by atoms with Gasteiger partial charge in [-0.05, 0) is 80.4 Å². The Balaban J connectivity index is 1.71. The molecule has 44 heavy (non-hydrogen) atoms. The molecule has 2 aromatic heterocycles. The first-order valence-electron chi connectivity index (χ1n) is 13.7. The fourth-order valence-electron chi connectivity index (χ4n) is 4.87. The van der Waals surface area contributed by atoms with Crippen molar-refractivity contribution in [3.05, 3.63) is 93.9 Å². The first-order chi connectivity index (χ1) is 20.9. The lowest BCUT2D eigenvalue weighted by molar-refractivity contribution is 0.200. The zero-order valence-corrected chi connectivity index (χ0v) is 25.2. The van der Waals surface area contributed by atoms with Crippen molar-refractivity contribution in [2.24, 2.45) is 7.05 Å². The van der Waals surface area contributed by atoms with Gasteiger partial charge < -0.3 is 23.6 Å². The zero-order chi connectivity index (χ0) is 31.8. The number of benzene rings is 3. The highest BCUT2D eigenvalue weighted by atomic mass is 32.2. The Morgan fingerprint density at radius 2 is 1.68 bits per heavy atom. The molecule has 12 heteroatoms. The molecule has 0 saturated carbocycles. The maximum atomic E-state index is 14.6. The summed E-state index contributed by atoms with van der Waals surface area (Å²) in [5.74, 6) is -1.02. The smallest absolute Gasteiger partial charge is 0.261 e. The van der Waals surface area contributed by atoms with Crippen LogP contribution in [0.25, 0.3) is 33.4 Å². The van der Waals surface area contributed by atoms with Crippen LogP contribution in [0.1, 0.15) is 18.1 Å². The molecular formula is C32H30F2N2O7S. The van der Waals surface area contributed by atoms with E-state index in [1.165, 1.54) is 35.9 Å². The third-order valence-electron chi connectivity index (χ3n) is 6.97. The highest BCUT2D eigenvalue weighted by molar-refractivity contribution is 7.92. The second kappa shape index (κ2) is 12.1. The predicted octanol–water partition coefficient (Wildman–Crippen LogP) is 6.29. The normalized spacial score (nSPS) is 11.6. The van der Waals surface area contributed by atoms with Gasteiger partial charge in [0.25, 0.3) is 5.56 Å². The minimum absolute atomic E-state index is 0.102. The van der Waals surface area contributed by atoms with Gasteiger partial charge in [0.05, 0.1) is 17.7 Å². The van der Waals surface area contributed by atoms with E-state index in [9.17, 15) is 22.0 Å². The molecule has 3 aromatic carbocycles. The largest absolute Gasteiger partial charge is 0.491 e. The van der Waals surface area contributed by atoms with Gasteiger partial charge in [0.1, 0.15) is 35.3 Å². The molecule has 0 atom stereocenters. The zero-order valence-electron chi connectivity index (χ0n) is 24.4. The van der Waals surface area contributed by atoms with Crippen molar-refractivity contribution in [1.82, 2.24) is 4.57 Å². The van der Waals surface area contributed by atoms with Crippen molar-refractivity contribution in [1.29, 1.82) is 0 Å². The van der Waals surface area contributed by atoms with E-state index in [0.717, 1.165) is 23.3 Å². The van der Waals surface area contributed by atoms with Gasteiger partial charge in [0.15, 0.2) is 11.6 Å². The topological polar surface area (TPSA) is 120 Å². The van der Waals surface area contributed by atoms with Crippen molar-refractivity contribution in [2.45, 2.75) is 20.8 Å².